The fourth-order valence-corrected chi connectivity index (χ4v) is 3.37. The van der Waals surface area contributed by atoms with Gasteiger partial charge >= 0.3 is 0 Å². The normalized spacial score (nSPS) is 23.7. The van der Waals surface area contributed by atoms with E-state index in [1.54, 1.807) is 0 Å². The van der Waals surface area contributed by atoms with Gasteiger partial charge in [0.05, 0.1) is 0 Å². The lowest BCUT2D eigenvalue weighted by atomic mass is 9.86. The number of hydrogen-bond acceptors (Lipinski definition) is 3. The summed E-state index contributed by atoms with van der Waals surface area (Å²) in [6, 6.07) is 0.775. The summed E-state index contributed by atoms with van der Waals surface area (Å²) in [4.78, 5) is 5.21. The molecular formula is C18H39N3. The molecular weight excluding hydrogens is 258 g/mol. The van der Waals surface area contributed by atoms with Gasteiger partial charge in [0.15, 0.2) is 0 Å². The summed E-state index contributed by atoms with van der Waals surface area (Å²) in [7, 11) is 2.30. The van der Waals surface area contributed by atoms with Gasteiger partial charge in [-0.2, -0.15) is 0 Å². The summed E-state index contributed by atoms with van der Waals surface area (Å²) in [5, 5.41) is 3.70. The molecule has 1 N–H and O–H groups in total. The first-order chi connectivity index (χ1) is 9.69. The average Bonchev–Trinajstić information content (AvgIpc) is 2.82. The van der Waals surface area contributed by atoms with Crippen LogP contribution in [0.4, 0.5) is 0 Å². The lowest BCUT2D eigenvalue weighted by molar-refractivity contribution is 0.135. The predicted octanol–water partition coefficient (Wildman–Crippen LogP) is 3.21. The zero-order valence-corrected chi connectivity index (χ0v) is 15.6. The van der Waals surface area contributed by atoms with E-state index < -0.39 is 0 Å². The second-order valence-corrected chi connectivity index (χ2v) is 8.39. The summed E-state index contributed by atoms with van der Waals surface area (Å²) >= 11 is 0. The lowest BCUT2D eigenvalue weighted by Gasteiger charge is -2.37. The minimum Gasteiger partial charge on any atom is -0.311 e. The second-order valence-electron chi connectivity index (χ2n) is 8.39. The Morgan fingerprint density at radius 1 is 1.19 bits per heavy atom. The van der Waals surface area contributed by atoms with Crippen molar-refractivity contribution in [3.05, 3.63) is 0 Å². The molecule has 0 aromatic carbocycles. The molecule has 0 bridgehead atoms. The van der Waals surface area contributed by atoms with Crippen LogP contribution >= 0.6 is 0 Å². The topological polar surface area (TPSA) is 18.5 Å². The molecule has 0 aromatic rings. The molecule has 0 spiro atoms. The Kier molecular flexibility index (Phi) is 7.15. The number of likely N-dealkylation sites (tertiary alicyclic amines) is 1. The van der Waals surface area contributed by atoms with Crippen molar-refractivity contribution in [1.82, 2.24) is 15.1 Å². The molecule has 1 saturated heterocycles. The maximum Gasteiger partial charge on any atom is 0.0223 e. The van der Waals surface area contributed by atoms with Crippen molar-refractivity contribution in [1.29, 1.82) is 0 Å². The second kappa shape index (κ2) is 7.94. The van der Waals surface area contributed by atoms with Crippen molar-refractivity contribution in [2.45, 2.75) is 72.4 Å². The summed E-state index contributed by atoms with van der Waals surface area (Å²) in [6.07, 6.45) is 3.98. The van der Waals surface area contributed by atoms with E-state index in [2.05, 4.69) is 63.7 Å². The Hall–Kier alpha value is -0.120. The highest BCUT2D eigenvalue weighted by Gasteiger charge is 2.29. The van der Waals surface area contributed by atoms with Crippen LogP contribution in [0, 0.1) is 5.41 Å². The molecule has 1 aliphatic heterocycles. The molecule has 1 fully saturated rings. The molecule has 3 heteroatoms. The van der Waals surface area contributed by atoms with Crippen LogP contribution in [0.25, 0.3) is 0 Å². The molecule has 0 aliphatic carbocycles. The number of nitrogens with one attached hydrogen (secondary N) is 1. The fraction of sp³-hybridized carbons (Fsp3) is 1.00. The summed E-state index contributed by atoms with van der Waals surface area (Å²) in [6.45, 7) is 19.8. The van der Waals surface area contributed by atoms with Crippen LogP contribution < -0.4 is 5.32 Å². The van der Waals surface area contributed by atoms with Crippen LogP contribution in [0.2, 0.25) is 0 Å². The number of likely N-dealkylation sites (N-methyl/N-ethyl adjacent to an activating group) is 2. The Morgan fingerprint density at radius 2 is 1.86 bits per heavy atom. The van der Waals surface area contributed by atoms with Gasteiger partial charge in [-0.05, 0) is 65.6 Å². The summed E-state index contributed by atoms with van der Waals surface area (Å²) in [5.41, 5.74) is 0.567. The highest BCUT2D eigenvalue weighted by Crippen LogP contribution is 2.24. The quantitative estimate of drug-likeness (QED) is 0.742. The molecule has 0 saturated carbocycles. The van der Waals surface area contributed by atoms with Crippen molar-refractivity contribution in [3.8, 4) is 0 Å². The molecule has 21 heavy (non-hydrogen) atoms. The first kappa shape index (κ1) is 18.9. The molecule has 0 radical (unpaired) electrons. The van der Waals surface area contributed by atoms with Gasteiger partial charge in [0.25, 0.3) is 0 Å². The van der Waals surface area contributed by atoms with Gasteiger partial charge in [-0.1, -0.05) is 20.8 Å². The molecule has 2 unspecified atom stereocenters. The van der Waals surface area contributed by atoms with Gasteiger partial charge in [0, 0.05) is 31.2 Å². The van der Waals surface area contributed by atoms with E-state index in [4.69, 9.17) is 0 Å². The van der Waals surface area contributed by atoms with E-state index in [0.717, 1.165) is 12.6 Å². The Morgan fingerprint density at radius 3 is 2.38 bits per heavy atom. The Labute approximate surface area is 133 Å². The fourth-order valence-electron chi connectivity index (χ4n) is 3.37. The van der Waals surface area contributed by atoms with E-state index >= 15 is 0 Å². The standard InChI is InChI=1S/C18H39N3/c1-8-18(6,14-19-17(3,4)5)15-20(7)13-16-11-10-12-21(16)9-2/h16,19H,8-15H2,1-7H3. The first-order valence-corrected chi connectivity index (χ1v) is 8.87. The number of hydrogen-bond donors (Lipinski definition) is 1. The molecule has 0 aromatic heterocycles. The van der Waals surface area contributed by atoms with Gasteiger partial charge in [0.1, 0.15) is 0 Å². The smallest absolute Gasteiger partial charge is 0.0223 e. The van der Waals surface area contributed by atoms with Crippen molar-refractivity contribution >= 4 is 0 Å². The Bertz CT molecular complexity index is 297. The van der Waals surface area contributed by atoms with Crippen molar-refractivity contribution in [2.75, 3.05) is 39.8 Å². The maximum absolute atomic E-state index is 3.70. The third-order valence-electron chi connectivity index (χ3n) is 4.98. The molecule has 2 atom stereocenters. The minimum atomic E-state index is 0.208. The minimum absolute atomic E-state index is 0.208. The average molecular weight is 298 g/mol. The predicted molar refractivity (Wildman–Crippen MR) is 93.9 cm³/mol. The van der Waals surface area contributed by atoms with Crippen molar-refractivity contribution in [2.24, 2.45) is 5.41 Å². The van der Waals surface area contributed by atoms with Crippen LogP contribution in [0.3, 0.4) is 0 Å². The van der Waals surface area contributed by atoms with E-state index in [9.17, 15) is 0 Å². The van der Waals surface area contributed by atoms with Gasteiger partial charge in [0.2, 0.25) is 0 Å². The molecule has 3 nitrogen and oxygen atoms in total. The van der Waals surface area contributed by atoms with Crippen LogP contribution in [0.5, 0.6) is 0 Å². The van der Waals surface area contributed by atoms with E-state index in [1.165, 1.54) is 45.4 Å². The molecule has 0 amide bonds. The number of rotatable bonds is 8. The van der Waals surface area contributed by atoms with Crippen molar-refractivity contribution < 1.29 is 0 Å². The van der Waals surface area contributed by atoms with Gasteiger partial charge < -0.3 is 10.2 Å². The zero-order valence-electron chi connectivity index (χ0n) is 15.6. The first-order valence-electron chi connectivity index (χ1n) is 8.87. The molecule has 126 valence electrons. The SMILES string of the molecule is CCN1CCCC1CN(C)CC(C)(CC)CNC(C)(C)C. The lowest BCUT2D eigenvalue weighted by Crippen LogP contribution is -2.48. The Balaban J connectivity index is 2.47. The van der Waals surface area contributed by atoms with Crippen LogP contribution in [-0.4, -0.2) is 61.2 Å². The maximum atomic E-state index is 3.70. The third-order valence-corrected chi connectivity index (χ3v) is 4.98. The van der Waals surface area contributed by atoms with Crippen LogP contribution in [0.15, 0.2) is 0 Å². The largest absolute Gasteiger partial charge is 0.311 e. The van der Waals surface area contributed by atoms with E-state index in [0.29, 0.717) is 5.41 Å². The van der Waals surface area contributed by atoms with Crippen LogP contribution in [-0.2, 0) is 0 Å². The summed E-state index contributed by atoms with van der Waals surface area (Å²) in [5.74, 6) is 0. The highest BCUT2D eigenvalue weighted by molar-refractivity contribution is 4.85. The van der Waals surface area contributed by atoms with Crippen molar-refractivity contribution in [3.63, 3.8) is 0 Å². The monoisotopic (exact) mass is 297 g/mol. The molecule has 1 aliphatic rings. The van der Waals surface area contributed by atoms with Gasteiger partial charge in [-0.25, -0.2) is 0 Å². The number of nitrogens with zero attached hydrogens (tertiary/aromatic N) is 2. The van der Waals surface area contributed by atoms with E-state index in [1.807, 2.05) is 0 Å². The van der Waals surface area contributed by atoms with Gasteiger partial charge in [-0.3, -0.25) is 4.90 Å². The molecule has 1 heterocycles. The molecule has 1 rings (SSSR count). The van der Waals surface area contributed by atoms with E-state index in [-0.39, 0.29) is 5.54 Å². The van der Waals surface area contributed by atoms with Crippen LogP contribution in [0.1, 0.15) is 60.8 Å². The third kappa shape index (κ3) is 6.66. The summed E-state index contributed by atoms with van der Waals surface area (Å²) < 4.78 is 0. The highest BCUT2D eigenvalue weighted by atomic mass is 15.2. The zero-order chi connectivity index (χ0) is 16.1. The van der Waals surface area contributed by atoms with Gasteiger partial charge in [-0.15, -0.1) is 0 Å².